The van der Waals surface area contributed by atoms with Crippen molar-refractivity contribution < 1.29 is 13.6 Å². The van der Waals surface area contributed by atoms with E-state index in [1.54, 1.807) is 11.8 Å². The molecule has 0 aromatic carbocycles. The van der Waals surface area contributed by atoms with Crippen molar-refractivity contribution in [3.05, 3.63) is 46.7 Å². The van der Waals surface area contributed by atoms with Gasteiger partial charge in [0.25, 0.3) is 5.91 Å². The summed E-state index contributed by atoms with van der Waals surface area (Å²) in [5.74, 6) is -0.304. The number of aryl methyl sites for hydroxylation is 3. The third-order valence-electron chi connectivity index (χ3n) is 5.49. The Hall–Kier alpha value is -2.59. The number of hydrogen-bond donors (Lipinski definition) is 0. The maximum Gasteiger partial charge on any atom is 0.364 e. The van der Waals surface area contributed by atoms with Crippen molar-refractivity contribution in [3.63, 3.8) is 0 Å². The number of fused-ring (bicyclic) bond motifs is 1. The lowest BCUT2D eigenvalue weighted by molar-refractivity contribution is 0.0620. The molecule has 4 rings (SSSR count). The fourth-order valence-corrected chi connectivity index (χ4v) is 3.93. The fraction of sp³-hybridized carbons (Fsp3) is 0.500. The average molecular weight is 452 g/mol. The van der Waals surface area contributed by atoms with Gasteiger partial charge in [-0.2, -0.15) is 19.0 Å². The molecule has 3 aromatic rings. The van der Waals surface area contributed by atoms with E-state index in [1.807, 2.05) is 18.5 Å². The Labute approximate surface area is 183 Å². The Bertz CT molecular complexity index is 1110. The molecule has 4 heterocycles. The zero-order valence-corrected chi connectivity index (χ0v) is 18.4. The van der Waals surface area contributed by atoms with Crippen LogP contribution >= 0.6 is 11.6 Å². The monoisotopic (exact) mass is 451 g/mol. The SMILES string of the molecule is CCn1cc(CN2CCN(C(=O)c3cc4nc(C)cc(C(F)(F)Cl)n4n3)CC2)c(C)n1. The fourth-order valence-electron chi connectivity index (χ4n) is 3.79. The first kappa shape index (κ1) is 21.6. The van der Waals surface area contributed by atoms with Gasteiger partial charge in [-0.05, 0) is 38.4 Å². The van der Waals surface area contributed by atoms with Crippen molar-refractivity contribution in [2.75, 3.05) is 26.2 Å². The number of rotatable bonds is 5. The number of aromatic nitrogens is 5. The summed E-state index contributed by atoms with van der Waals surface area (Å²) in [6.07, 6.45) is 2.06. The van der Waals surface area contributed by atoms with Crippen molar-refractivity contribution >= 4 is 23.2 Å². The van der Waals surface area contributed by atoms with Gasteiger partial charge in [-0.25, -0.2) is 9.50 Å². The molecule has 31 heavy (non-hydrogen) atoms. The first-order chi connectivity index (χ1) is 14.7. The van der Waals surface area contributed by atoms with Gasteiger partial charge < -0.3 is 4.90 Å². The summed E-state index contributed by atoms with van der Waals surface area (Å²) in [5, 5.41) is 4.94. The Kier molecular flexibility index (Phi) is 5.69. The molecule has 0 unspecified atom stereocenters. The van der Waals surface area contributed by atoms with E-state index >= 15 is 0 Å². The molecule has 0 atom stereocenters. The van der Waals surface area contributed by atoms with Crippen LogP contribution < -0.4 is 0 Å². The van der Waals surface area contributed by atoms with Crippen molar-refractivity contribution in [1.82, 2.24) is 34.2 Å². The zero-order chi connectivity index (χ0) is 22.3. The average Bonchev–Trinajstić information content (AvgIpc) is 3.30. The molecular formula is C20H24ClF2N7O. The highest BCUT2D eigenvalue weighted by Gasteiger charge is 2.33. The predicted molar refractivity (Wildman–Crippen MR) is 111 cm³/mol. The predicted octanol–water partition coefficient (Wildman–Crippen LogP) is 2.81. The number of halogens is 3. The number of nitrogens with zero attached hydrogens (tertiary/aromatic N) is 7. The third-order valence-corrected chi connectivity index (χ3v) is 5.68. The number of alkyl halides is 3. The van der Waals surface area contributed by atoms with Crippen LogP contribution in [0.1, 0.15) is 40.1 Å². The highest BCUT2D eigenvalue weighted by atomic mass is 35.5. The van der Waals surface area contributed by atoms with Gasteiger partial charge in [-0.15, -0.1) is 0 Å². The molecule has 1 amide bonds. The molecular weight excluding hydrogens is 428 g/mol. The van der Waals surface area contributed by atoms with Crippen molar-refractivity contribution in [2.45, 2.75) is 39.2 Å². The first-order valence-corrected chi connectivity index (χ1v) is 10.5. The largest absolute Gasteiger partial charge is 0.364 e. The third kappa shape index (κ3) is 4.40. The Morgan fingerprint density at radius 1 is 1.16 bits per heavy atom. The zero-order valence-electron chi connectivity index (χ0n) is 17.6. The second-order valence-electron chi connectivity index (χ2n) is 7.74. The molecule has 1 aliphatic rings. The number of hydrogen-bond acceptors (Lipinski definition) is 5. The topological polar surface area (TPSA) is 71.6 Å². The minimum atomic E-state index is -3.62. The highest BCUT2D eigenvalue weighted by molar-refractivity contribution is 6.21. The second-order valence-corrected chi connectivity index (χ2v) is 8.22. The van der Waals surface area contributed by atoms with Gasteiger partial charge in [0.15, 0.2) is 11.3 Å². The second kappa shape index (κ2) is 8.16. The van der Waals surface area contributed by atoms with Crippen molar-refractivity contribution in [2.24, 2.45) is 0 Å². The minimum Gasteiger partial charge on any atom is -0.335 e. The molecule has 0 aliphatic carbocycles. The number of piperazine rings is 1. The summed E-state index contributed by atoms with van der Waals surface area (Å²) in [6.45, 7) is 9.71. The van der Waals surface area contributed by atoms with Crippen LogP contribution in [0.4, 0.5) is 8.78 Å². The lowest BCUT2D eigenvalue weighted by atomic mass is 10.2. The van der Waals surface area contributed by atoms with Gasteiger partial charge in [-0.3, -0.25) is 14.4 Å². The lowest BCUT2D eigenvalue weighted by Crippen LogP contribution is -2.48. The lowest BCUT2D eigenvalue weighted by Gasteiger charge is -2.34. The maximum atomic E-state index is 13.8. The van der Waals surface area contributed by atoms with Crippen LogP contribution in [0, 0.1) is 13.8 Å². The Morgan fingerprint density at radius 3 is 2.48 bits per heavy atom. The van der Waals surface area contributed by atoms with E-state index in [0.717, 1.165) is 23.3 Å². The summed E-state index contributed by atoms with van der Waals surface area (Å²) in [4.78, 5) is 21.1. The van der Waals surface area contributed by atoms with E-state index < -0.39 is 11.1 Å². The Morgan fingerprint density at radius 2 is 1.87 bits per heavy atom. The van der Waals surface area contributed by atoms with E-state index in [0.29, 0.717) is 31.9 Å². The van der Waals surface area contributed by atoms with E-state index in [2.05, 4.69) is 26.3 Å². The van der Waals surface area contributed by atoms with Gasteiger partial charge in [-0.1, -0.05) is 0 Å². The molecule has 0 bridgehead atoms. The summed E-state index contributed by atoms with van der Waals surface area (Å²) in [7, 11) is 0. The summed E-state index contributed by atoms with van der Waals surface area (Å²) >= 11 is 5.22. The van der Waals surface area contributed by atoms with Crippen LogP contribution in [0.25, 0.3) is 5.65 Å². The van der Waals surface area contributed by atoms with Crippen molar-refractivity contribution in [1.29, 1.82) is 0 Å². The van der Waals surface area contributed by atoms with Crippen LogP contribution in [0.3, 0.4) is 0 Å². The molecule has 0 N–H and O–H groups in total. The van der Waals surface area contributed by atoms with E-state index in [9.17, 15) is 13.6 Å². The highest BCUT2D eigenvalue weighted by Crippen LogP contribution is 2.32. The van der Waals surface area contributed by atoms with E-state index in [-0.39, 0.29) is 17.2 Å². The normalized spacial score (nSPS) is 15.7. The summed E-state index contributed by atoms with van der Waals surface area (Å²) < 4.78 is 30.4. The molecule has 166 valence electrons. The molecule has 0 saturated carbocycles. The van der Waals surface area contributed by atoms with E-state index in [4.69, 9.17) is 11.6 Å². The van der Waals surface area contributed by atoms with Crippen LogP contribution in [-0.4, -0.2) is 66.3 Å². The molecule has 0 radical (unpaired) electrons. The number of carbonyl (C=O) groups excluding carboxylic acids is 1. The van der Waals surface area contributed by atoms with E-state index in [1.165, 1.54) is 17.7 Å². The molecule has 0 spiro atoms. The molecule has 1 saturated heterocycles. The Balaban J connectivity index is 1.46. The maximum absolute atomic E-state index is 13.8. The van der Waals surface area contributed by atoms with Crippen LogP contribution in [-0.2, 0) is 18.5 Å². The quantitative estimate of drug-likeness (QED) is 0.558. The summed E-state index contributed by atoms with van der Waals surface area (Å²) in [5.41, 5.74) is 2.30. The van der Waals surface area contributed by atoms with Gasteiger partial charge in [0.05, 0.1) is 5.69 Å². The number of amides is 1. The molecule has 3 aromatic heterocycles. The van der Waals surface area contributed by atoms with Gasteiger partial charge in [0.2, 0.25) is 0 Å². The molecule has 11 heteroatoms. The van der Waals surface area contributed by atoms with Crippen LogP contribution in [0.15, 0.2) is 18.3 Å². The van der Waals surface area contributed by atoms with Gasteiger partial charge >= 0.3 is 5.38 Å². The standard InChI is InChI=1S/C20H24ClF2N7O/c1-4-29-12-15(14(3)25-29)11-27-5-7-28(8-6-27)19(31)16-10-18-24-13(2)9-17(20(21,22)23)30(18)26-16/h9-10,12H,4-8,11H2,1-3H3. The summed E-state index contributed by atoms with van der Waals surface area (Å²) in [6, 6.07) is 2.60. The number of carbonyl (C=O) groups is 1. The van der Waals surface area contributed by atoms with Crippen LogP contribution in [0.2, 0.25) is 0 Å². The van der Waals surface area contributed by atoms with Crippen molar-refractivity contribution in [3.8, 4) is 0 Å². The van der Waals surface area contributed by atoms with Crippen LogP contribution in [0.5, 0.6) is 0 Å². The van der Waals surface area contributed by atoms with Gasteiger partial charge in [0, 0.05) is 62.8 Å². The smallest absolute Gasteiger partial charge is 0.335 e. The molecule has 8 nitrogen and oxygen atoms in total. The molecule has 1 aliphatic heterocycles. The van der Waals surface area contributed by atoms with Gasteiger partial charge in [0.1, 0.15) is 5.69 Å². The first-order valence-electron chi connectivity index (χ1n) is 10.1. The minimum absolute atomic E-state index is 0.0776. The molecule has 1 fully saturated rings.